The fraction of sp³-hybridized carbons (Fsp3) is 0.312. The molecule has 120 valence electrons. The summed E-state index contributed by atoms with van der Waals surface area (Å²) in [6.45, 7) is 2.11. The lowest BCUT2D eigenvalue weighted by molar-refractivity contribution is -0.124. The normalized spacial score (nSPS) is 17.0. The van der Waals surface area contributed by atoms with Crippen LogP contribution in [0.15, 0.2) is 29.6 Å². The van der Waals surface area contributed by atoms with Crippen molar-refractivity contribution >= 4 is 34.0 Å². The van der Waals surface area contributed by atoms with Crippen LogP contribution in [0.25, 0.3) is 11.3 Å². The molecule has 2 N–H and O–H groups in total. The van der Waals surface area contributed by atoms with Crippen LogP contribution in [0.4, 0.5) is 10.8 Å². The lowest BCUT2D eigenvalue weighted by atomic mass is 10.1. The summed E-state index contributed by atoms with van der Waals surface area (Å²) in [5.41, 5.74) is 2.45. The van der Waals surface area contributed by atoms with Crippen molar-refractivity contribution in [2.24, 2.45) is 0 Å². The number of carbonyl (C=O) groups excluding carboxylic acids is 2. The van der Waals surface area contributed by atoms with E-state index in [0.29, 0.717) is 11.7 Å². The van der Waals surface area contributed by atoms with Gasteiger partial charge >= 0.3 is 0 Å². The molecule has 0 saturated carbocycles. The summed E-state index contributed by atoms with van der Waals surface area (Å²) in [6.07, 6.45) is 1.32. The number of amides is 2. The summed E-state index contributed by atoms with van der Waals surface area (Å²) in [5, 5.41) is 7.97. The number of rotatable bonds is 4. The summed E-state index contributed by atoms with van der Waals surface area (Å²) in [6, 6.07) is 7.40. The third kappa shape index (κ3) is 3.94. The van der Waals surface area contributed by atoms with E-state index in [1.165, 1.54) is 18.3 Å². The second-order valence-electron chi connectivity index (χ2n) is 5.29. The number of ether oxygens (including phenoxy) is 1. The SMILES string of the molecule is CC(=O)Nc1ccc(-c2csc(NC(=O)C3CCCO3)n2)cc1. The summed E-state index contributed by atoms with van der Waals surface area (Å²) in [4.78, 5) is 27.4. The van der Waals surface area contributed by atoms with Crippen molar-refractivity contribution in [2.45, 2.75) is 25.9 Å². The van der Waals surface area contributed by atoms with E-state index in [9.17, 15) is 9.59 Å². The number of nitrogens with zero attached hydrogens (tertiary/aromatic N) is 1. The van der Waals surface area contributed by atoms with Gasteiger partial charge in [-0.25, -0.2) is 4.98 Å². The monoisotopic (exact) mass is 331 g/mol. The fourth-order valence-corrected chi connectivity index (χ4v) is 3.08. The molecule has 3 rings (SSSR count). The molecule has 1 atom stereocenters. The maximum atomic E-state index is 12.0. The molecule has 0 aliphatic carbocycles. The predicted molar refractivity (Wildman–Crippen MR) is 89.5 cm³/mol. The van der Waals surface area contributed by atoms with E-state index < -0.39 is 0 Å². The largest absolute Gasteiger partial charge is 0.368 e. The summed E-state index contributed by atoms with van der Waals surface area (Å²) in [7, 11) is 0. The van der Waals surface area contributed by atoms with Crippen molar-refractivity contribution in [3.63, 3.8) is 0 Å². The first kappa shape index (κ1) is 15.6. The molecular weight excluding hydrogens is 314 g/mol. The highest BCUT2D eigenvalue weighted by Gasteiger charge is 2.24. The lowest BCUT2D eigenvalue weighted by Gasteiger charge is -2.07. The quantitative estimate of drug-likeness (QED) is 0.903. The third-order valence-electron chi connectivity index (χ3n) is 3.46. The molecule has 1 aliphatic rings. The minimum Gasteiger partial charge on any atom is -0.368 e. The Labute approximate surface area is 137 Å². The number of aromatic nitrogens is 1. The summed E-state index contributed by atoms with van der Waals surface area (Å²) < 4.78 is 5.35. The molecule has 1 unspecified atom stereocenters. The second kappa shape index (κ2) is 6.89. The molecule has 1 fully saturated rings. The third-order valence-corrected chi connectivity index (χ3v) is 4.22. The van der Waals surface area contributed by atoms with Gasteiger partial charge in [0.2, 0.25) is 5.91 Å². The van der Waals surface area contributed by atoms with E-state index in [1.54, 1.807) is 0 Å². The maximum absolute atomic E-state index is 12.0. The van der Waals surface area contributed by atoms with E-state index in [0.717, 1.165) is 29.8 Å². The number of carbonyl (C=O) groups is 2. The van der Waals surface area contributed by atoms with E-state index in [1.807, 2.05) is 29.6 Å². The smallest absolute Gasteiger partial charge is 0.255 e. The van der Waals surface area contributed by atoms with E-state index in [-0.39, 0.29) is 17.9 Å². The van der Waals surface area contributed by atoms with Gasteiger partial charge in [0.1, 0.15) is 6.10 Å². The predicted octanol–water partition coefficient (Wildman–Crippen LogP) is 2.89. The number of nitrogens with one attached hydrogen (secondary N) is 2. The minimum absolute atomic E-state index is 0.106. The number of thiazole rings is 1. The number of benzene rings is 1. The number of hydrogen-bond acceptors (Lipinski definition) is 5. The molecule has 0 spiro atoms. The molecule has 2 heterocycles. The van der Waals surface area contributed by atoms with Crippen LogP contribution >= 0.6 is 11.3 Å². The lowest BCUT2D eigenvalue weighted by Crippen LogP contribution is -2.26. The molecule has 1 saturated heterocycles. The molecule has 1 aliphatic heterocycles. The standard InChI is InChI=1S/C16H17N3O3S/c1-10(20)17-12-6-4-11(5-7-12)13-9-23-16(18-13)19-15(21)14-3-2-8-22-14/h4-7,9,14H,2-3,8H2,1H3,(H,17,20)(H,18,19,21). The molecule has 1 aromatic heterocycles. The molecule has 0 bridgehead atoms. The Morgan fingerprint density at radius 3 is 2.70 bits per heavy atom. The average Bonchev–Trinajstić information content (AvgIpc) is 3.18. The first-order valence-corrected chi connectivity index (χ1v) is 8.26. The molecule has 23 heavy (non-hydrogen) atoms. The molecule has 2 amide bonds. The van der Waals surface area contributed by atoms with E-state index in [2.05, 4.69) is 15.6 Å². The van der Waals surface area contributed by atoms with Gasteiger partial charge < -0.3 is 10.1 Å². The van der Waals surface area contributed by atoms with Crippen LogP contribution in [0.5, 0.6) is 0 Å². The molecule has 1 aromatic carbocycles. The first-order chi connectivity index (χ1) is 11.1. The maximum Gasteiger partial charge on any atom is 0.255 e. The van der Waals surface area contributed by atoms with Crippen LogP contribution in [-0.4, -0.2) is 29.5 Å². The highest BCUT2D eigenvalue weighted by Crippen LogP contribution is 2.26. The van der Waals surface area contributed by atoms with Gasteiger partial charge in [0, 0.05) is 30.2 Å². The van der Waals surface area contributed by atoms with Gasteiger partial charge in [0.15, 0.2) is 5.13 Å². The van der Waals surface area contributed by atoms with Gasteiger partial charge in [-0.15, -0.1) is 11.3 Å². The highest BCUT2D eigenvalue weighted by atomic mass is 32.1. The van der Waals surface area contributed by atoms with Crippen LogP contribution in [0.3, 0.4) is 0 Å². The zero-order valence-corrected chi connectivity index (χ0v) is 13.5. The van der Waals surface area contributed by atoms with Gasteiger partial charge in [-0.2, -0.15) is 0 Å². The van der Waals surface area contributed by atoms with Crippen molar-refractivity contribution < 1.29 is 14.3 Å². The van der Waals surface area contributed by atoms with Gasteiger partial charge in [-0.05, 0) is 25.0 Å². The Hall–Kier alpha value is -2.25. The van der Waals surface area contributed by atoms with Crippen LogP contribution in [0.2, 0.25) is 0 Å². The van der Waals surface area contributed by atoms with E-state index >= 15 is 0 Å². The minimum atomic E-state index is -0.362. The molecule has 2 aromatic rings. The van der Waals surface area contributed by atoms with Crippen LogP contribution in [-0.2, 0) is 14.3 Å². The molecular formula is C16H17N3O3S. The van der Waals surface area contributed by atoms with Crippen LogP contribution in [0, 0.1) is 0 Å². The topological polar surface area (TPSA) is 80.3 Å². The number of anilines is 2. The van der Waals surface area contributed by atoms with Crippen LogP contribution < -0.4 is 10.6 Å². The highest BCUT2D eigenvalue weighted by molar-refractivity contribution is 7.14. The molecule has 0 radical (unpaired) electrons. The zero-order valence-electron chi connectivity index (χ0n) is 12.7. The Morgan fingerprint density at radius 1 is 1.26 bits per heavy atom. The van der Waals surface area contributed by atoms with Gasteiger partial charge in [0.05, 0.1) is 5.69 Å². The van der Waals surface area contributed by atoms with Crippen molar-refractivity contribution in [1.29, 1.82) is 0 Å². The summed E-state index contributed by atoms with van der Waals surface area (Å²) >= 11 is 1.38. The Balaban J connectivity index is 1.66. The van der Waals surface area contributed by atoms with Crippen molar-refractivity contribution in [1.82, 2.24) is 4.98 Å². The van der Waals surface area contributed by atoms with Crippen LogP contribution in [0.1, 0.15) is 19.8 Å². The second-order valence-corrected chi connectivity index (χ2v) is 6.15. The van der Waals surface area contributed by atoms with E-state index in [4.69, 9.17) is 4.74 Å². The Kier molecular flexibility index (Phi) is 4.68. The Morgan fingerprint density at radius 2 is 2.04 bits per heavy atom. The van der Waals surface area contributed by atoms with Gasteiger partial charge in [-0.3, -0.25) is 14.9 Å². The van der Waals surface area contributed by atoms with Crippen molar-refractivity contribution in [3.8, 4) is 11.3 Å². The molecule has 6 nitrogen and oxygen atoms in total. The average molecular weight is 331 g/mol. The fourth-order valence-electron chi connectivity index (χ4n) is 2.36. The number of hydrogen-bond donors (Lipinski definition) is 2. The van der Waals surface area contributed by atoms with Gasteiger partial charge in [-0.1, -0.05) is 12.1 Å². The first-order valence-electron chi connectivity index (χ1n) is 7.38. The van der Waals surface area contributed by atoms with Crippen molar-refractivity contribution in [3.05, 3.63) is 29.6 Å². The summed E-state index contributed by atoms with van der Waals surface area (Å²) in [5.74, 6) is -0.241. The molecule has 7 heteroatoms. The van der Waals surface area contributed by atoms with Gasteiger partial charge in [0.25, 0.3) is 5.91 Å². The van der Waals surface area contributed by atoms with Crippen molar-refractivity contribution in [2.75, 3.05) is 17.2 Å². The Bertz CT molecular complexity index is 706. The zero-order chi connectivity index (χ0) is 16.2.